The van der Waals surface area contributed by atoms with Gasteiger partial charge in [0.15, 0.2) is 9.84 Å². The summed E-state index contributed by atoms with van der Waals surface area (Å²) in [5, 5.41) is -0.504. The summed E-state index contributed by atoms with van der Waals surface area (Å²) < 4.78 is 21.9. The maximum atomic E-state index is 11.0. The minimum atomic E-state index is -3.07. The van der Waals surface area contributed by atoms with Gasteiger partial charge in [-0.3, -0.25) is 4.79 Å². The van der Waals surface area contributed by atoms with Gasteiger partial charge in [-0.2, -0.15) is 0 Å². The smallest absolute Gasteiger partial charge is 0.221 e. The van der Waals surface area contributed by atoms with Gasteiger partial charge in [0.1, 0.15) is 0 Å². The van der Waals surface area contributed by atoms with Gasteiger partial charge in [0.25, 0.3) is 0 Å². The third-order valence-electron chi connectivity index (χ3n) is 1.22. The lowest BCUT2D eigenvalue weighted by molar-refractivity contribution is -0.111. The van der Waals surface area contributed by atoms with E-state index in [1.807, 2.05) is 0 Å². The van der Waals surface area contributed by atoms with Gasteiger partial charge in [-0.05, 0) is 18.0 Å². The minimum absolute atomic E-state index is 0.0157. The molecule has 0 amide bonds. The number of carbonyl (C=O) groups is 1. The SMILES string of the molecule is O=C(Cl)CCCS(=O)(=O)CCCl. The molecule has 0 bridgehead atoms. The van der Waals surface area contributed by atoms with Gasteiger partial charge in [-0.15, -0.1) is 11.6 Å². The first kappa shape index (κ1) is 12.2. The lowest BCUT2D eigenvalue weighted by atomic mass is 10.4. The van der Waals surface area contributed by atoms with Gasteiger partial charge in [0.2, 0.25) is 5.24 Å². The molecule has 0 aliphatic carbocycles. The van der Waals surface area contributed by atoms with Gasteiger partial charge in [0.05, 0.1) is 11.5 Å². The summed E-state index contributed by atoms with van der Waals surface area (Å²) in [6.45, 7) is 0. The number of halogens is 2. The van der Waals surface area contributed by atoms with Crippen LogP contribution in [0.25, 0.3) is 0 Å². The highest BCUT2D eigenvalue weighted by Gasteiger charge is 2.09. The molecule has 0 radical (unpaired) electrons. The summed E-state index contributed by atoms with van der Waals surface area (Å²) >= 11 is 10.3. The first-order valence-corrected chi connectivity index (χ1v) is 6.16. The zero-order valence-electron chi connectivity index (χ0n) is 6.42. The fourth-order valence-corrected chi connectivity index (χ4v) is 2.51. The molecule has 0 atom stereocenters. The lowest BCUT2D eigenvalue weighted by Crippen LogP contribution is -2.12. The molecule has 6 heteroatoms. The summed E-state index contributed by atoms with van der Waals surface area (Å²) in [4.78, 5) is 10.2. The first-order chi connectivity index (χ1) is 5.48. The van der Waals surface area contributed by atoms with E-state index in [4.69, 9.17) is 23.2 Å². The summed E-state index contributed by atoms with van der Waals surface area (Å²) in [5.74, 6) is 0.0420. The molecule has 72 valence electrons. The van der Waals surface area contributed by atoms with Crippen molar-refractivity contribution >= 4 is 38.3 Å². The van der Waals surface area contributed by atoms with Gasteiger partial charge in [-0.1, -0.05) is 0 Å². The molecule has 0 aliphatic heterocycles. The van der Waals surface area contributed by atoms with Crippen molar-refractivity contribution in [1.82, 2.24) is 0 Å². The van der Waals surface area contributed by atoms with Crippen LogP contribution in [0.3, 0.4) is 0 Å². The van der Waals surface area contributed by atoms with E-state index >= 15 is 0 Å². The number of alkyl halides is 1. The molecule has 0 unspecified atom stereocenters. The van der Waals surface area contributed by atoms with E-state index in [2.05, 4.69) is 0 Å². The standard InChI is InChI=1S/C6H10Cl2O3S/c7-3-5-12(10,11)4-1-2-6(8)9/h1-5H2. The largest absolute Gasteiger partial charge is 0.281 e. The van der Waals surface area contributed by atoms with Crippen LogP contribution in [-0.2, 0) is 14.6 Å². The van der Waals surface area contributed by atoms with E-state index in [0.717, 1.165) is 0 Å². The molecule has 0 aromatic carbocycles. The van der Waals surface area contributed by atoms with Crippen molar-refractivity contribution in [3.8, 4) is 0 Å². The quantitative estimate of drug-likeness (QED) is 0.511. The summed E-state index contributed by atoms with van der Waals surface area (Å²) in [6.07, 6.45) is 0.380. The number of hydrogen-bond acceptors (Lipinski definition) is 3. The van der Waals surface area contributed by atoms with Gasteiger partial charge >= 0.3 is 0 Å². The van der Waals surface area contributed by atoms with Crippen molar-refractivity contribution in [2.75, 3.05) is 17.4 Å². The predicted octanol–water partition coefficient (Wildman–Crippen LogP) is 1.19. The highest BCUT2D eigenvalue weighted by molar-refractivity contribution is 7.91. The zero-order chi connectivity index (χ0) is 9.61. The van der Waals surface area contributed by atoms with E-state index in [9.17, 15) is 13.2 Å². The summed E-state index contributed by atoms with van der Waals surface area (Å²) in [6, 6.07) is 0. The van der Waals surface area contributed by atoms with E-state index in [-0.39, 0.29) is 30.2 Å². The maximum absolute atomic E-state index is 11.0. The van der Waals surface area contributed by atoms with Crippen LogP contribution >= 0.6 is 23.2 Å². The molecule has 3 nitrogen and oxygen atoms in total. The zero-order valence-corrected chi connectivity index (χ0v) is 8.75. The molecular weight excluding hydrogens is 223 g/mol. The fourth-order valence-electron chi connectivity index (χ4n) is 0.651. The van der Waals surface area contributed by atoms with Crippen LogP contribution in [0, 0.1) is 0 Å². The average Bonchev–Trinajstić information content (AvgIpc) is 1.85. The Labute approximate surface area is 82.0 Å². The van der Waals surface area contributed by atoms with Crippen LogP contribution in [0.2, 0.25) is 0 Å². The molecule has 0 fully saturated rings. The van der Waals surface area contributed by atoms with Crippen molar-refractivity contribution in [3.05, 3.63) is 0 Å². The normalized spacial score (nSPS) is 11.5. The molecule has 0 spiro atoms. The van der Waals surface area contributed by atoms with Gasteiger partial charge < -0.3 is 0 Å². The monoisotopic (exact) mass is 232 g/mol. The summed E-state index contributed by atoms with van der Waals surface area (Å²) in [5.41, 5.74) is 0. The van der Waals surface area contributed by atoms with Crippen LogP contribution in [-0.4, -0.2) is 31.0 Å². The Kier molecular flexibility index (Phi) is 5.88. The fraction of sp³-hybridized carbons (Fsp3) is 0.833. The Bertz CT molecular complexity index is 235. The third-order valence-corrected chi connectivity index (χ3v) is 3.56. The minimum Gasteiger partial charge on any atom is -0.281 e. The number of rotatable bonds is 6. The Morgan fingerprint density at radius 2 is 1.83 bits per heavy atom. The molecule has 0 aliphatic rings. The number of hydrogen-bond donors (Lipinski definition) is 0. The second kappa shape index (κ2) is 5.78. The van der Waals surface area contributed by atoms with Crippen LogP contribution in [0.5, 0.6) is 0 Å². The Balaban J connectivity index is 3.69. The highest BCUT2D eigenvalue weighted by atomic mass is 35.5. The summed E-state index contributed by atoms with van der Waals surface area (Å²) in [7, 11) is -3.07. The second-order valence-electron chi connectivity index (χ2n) is 2.30. The molecule has 12 heavy (non-hydrogen) atoms. The molecule has 0 saturated heterocycles. The number of carbonyl (C=O) groups excluding carboxylic acids is 1. The van der Waals surface area contributed by atoms with E-state index in [1.165, 1.54) is 0 Å². The number of sulfone groups is 1. The highest BCUT2D eigenvalue weighted by Crippen LogP contribution is 2.00. The van der Waals surface area contributed by atoms with Crippen molar-refractivity contribution in [2.45, 2.75) is 12.8 Å². The molecule has 0 N–H and O–H groups in total. The van der Waals surface area contributed by atoms with Gasteiger partial charge in [-0.25, -0.2) is 8.42 Å². The average molecular weight is 233 g/mol. The Hall–Kier alpha value is 0.200. The predicted molar refractivity (Wildman–Crippen MR) is 49.5 cm³/mol. The molecule has 0 heterocycles. The first-order valence-electron chi connectivity index (χ1n) is 3.42. The third kappa shape index (κ3) is 6.88. The Morgan fingerprint density at radius 3 is 2.25 bits per heavy atom. The van der Waals surface area contributed by atoms with Gasteiger partial charge in [0, 0.05) is 12.3 Å². The van der Waals surface area contributed by atoms with E-state index in [1.54, 1.807) is 0 Å². The lowest BCUT2D eigenvalue weighted by Gasteiger charge is -1.98. The second-order valence-corrected chi connectivity index (χ2v) is 5.40. The Morgan fingerprint density at radius 1 is 1.25 bits per heavy atom. The molecular formula is C6H10Cl2O3S. The van der Waals surface area contributed by atoms with Crippen LogP contribution in [0.15, 0.2) is 0 Å². The van der Waals surface area contributed by atoms with Crippen LogP contribution in [0.1, 0.15) is 12.8 Å². The van der Waals surface area contributed by atoms with Crippen molar-refractivity contribution in [3.63, 3.8) is 0 Å². The van der Waals surface area contributed by atoms with Crippen molar-refractivity contribution < 1.29 is 13.2 Å². The van der Waals surface area contributed by atoms with E-state index < -0.39 is 15.1 Å². The molecule has 0 aromatic heterocycles. The molecule has 0 rings (SSSR count). The molecule has 0 saturated carbocycles. The van der Waals surface area contributed by atoms with E-state index in [0.29, 0.717) is 0 Å². The van der Waals surface area contributed by atoms with Crippen LogP contribution in [0.4, 0.5) is 0 Å². The topological polar surface area (TPSA) is 51.2 Å². The van der Waals surface area contributed by atoms with Crippen molar-refractivity contribution in [2.24, 2.45) is 0 Å². The molecule has 0 aromatic rings. The van der Waals surface area contributed by atoms with Crippen molar-refractivity contribution in [1.29, 1.82) is 0 Å². The van der Waals surface area contributed by atoms with Crippen LogP contribution < -0.4 is 0 Å². The maximum Gasteiger partial charge on any atom is 0.221 e.